The van der Waals surface area contributed by atoms with Crippen LogP contribution in [-0.2, 0) is 9.53 Å². The van der Waals surface area contributed by atoms with Gasteiger partial charge in [-0.25, -0.2) is 0 Å². The summed E-state index contributed by atoms with van der Waals surface area (Å²) >= 11 is 5.93. The molecule has 0 radical (unpaired) electrons. The molecule has 1 N–H and O–H groups in total. The quantitative estimate of drug-likeness (QED) is 0.773. The van der Waals surface area contributed by atoms with Crippen molar-refractivity contribution >= 4 is 17.5 Å². The van der Waals surface area contributed by atoms with E-state index in [-0.39, 0.29) is 11.8 Å². The first kappa shape index (κ1) is 15.0. The van der Waals surface area contributed by atoms with Gasteiger partial charge in [0.2, 0.25) is 5.91 Å². The molecule has 0 aliphatic carbocycles. The lowest BCUT2D eigenvalue weighted by Crippen LogP contribution is -2.26. The van der Waals surface area contributed by atoms with Crippen molar-refractivity contribution in [2.45, 2.75) is 25.7 Å². The summed E-state index contributed by atoms with van der Waals surface area (Å²) in [7, 11) is 1.66. The molecule has 3 nitrogen and oxygen atoms in total. The smallest absolute Gasteiger partial charge is 0.220 e. The Balaban J connectivity index is 2.35. The van der Waals surface area contributed by atoms with Crippen LogP contribution in [-0.4, -0.2) is 26.2 Å². The molecule has 0 heterocycles. The Morgan fingerprint density at radius 2 is 2.28 bits per heavy atom. The Kier molecular flexibility index (Phi) is 6.76. The highest BCUT2D eigenvalue weighted by Gasteiger charge is 2.11. The Morgan fingerprint density at radius 1 is 1.50 bits per heavy atom. The largest absolute Gasteiger partial charge is 0.385 e. The van der Waals surface area contributed by atoms with Crippen molar-refractivity contribution in [2.24, 2.45) is 0 Å². The number of amides is 1. The second-order valence-electron chi connectivity index (χ2n) is 4.36. The normalized spacial score (nSPS) is 12.2. The van der Waals surface area contributed by atoms with Crippen molar-refractivity contribution in [2.75, 3.05) is 20.3 Å². The van der Waals surface area contributed by atoms with Crippen LogP contribution in [0.1, 0.15) is 31.2 Å². The highest BCUT2D eigenvalue weighted by Crippen LogP contribution is 2.21. The fourth-order valence-electron chi connectivity index (χ4n) is 1.73. The average molecular weight is 270 g/mol. The highest BCUT2D eigenvalue weighted by atomic mass is 35.5. The van der Waals surface area contributed by atoms with Crippen molar-refractivity contribution in [1.82, 2.24) is 5.32 Å². The minimum atomic E-state index is 0.0681. The zero-order valence-corrected chi connectivity index (χ0v) is 11.7. The number of carbonyl (C=O) groups is 1. The van der Waals surface area contributed by atoms with Gasteiger partial charge in [0, 0.05) is 31.7 Å². The van der Waals surface area contributed by atoms with Crippen LogP contribution in [0.15, 0.2) is 24.3 Å². The van der Waals surface area contributed by atoms with E-state index in [0.29, 0.717) is 24.6 Å². The number of hydrogen-bond donors (Lipinski definition) is 1. The van der Waals surface area contributed by atoms with E-state index < -0.39 is 0 Å². The van der Waals surface area contributed by atoms with Crippen molar-refractivity contribution in [3.63, 3.8) is 0 Å². The van der Waals surface area contributed by atoms with E-state index in [1.54, 1.807) is 7.11 Å². The monoisotopic (exact) mass is 269 g/mol. The number of carbonyl (C=O) groups excluding carboxylic acids is 1. The second-order valence-corrected chi connectivity index (χ2v) is 4.79. The lowest BCUT2D eigenvalue weighted by Gasteiger charge is -2.12. The average Bonchev–Trinajstić information content (AvgIpc) is 2.34. The Labute approximate surface area is 113 Å². The van der Waals surface area contributed by atoms with Gasteiger partial charge in [-0.3, -0.25) is 4.79 Å². The molecular weight excluding hydrogens is 250 g/mol. The Hall–Kier alpha value is -1.06. The van der Waals surface area contributed by atoms with Crippen molar-refractivity contribution in [3.8, 4) is 0 Å². The van der Waals surface area contributed by atoms with E-state index >= 15 is 0 Å². The highest BCUT2D eigenvalue weighted by molar-refractivity contribution is 6.30. The molecule has 0 spiro atoms. The summed E-state index contributed by atoms with van der Waals surface area (Å²) in [5.74, 6) is 0.240. The van der Waals surface area contributed by atoms with Crippen LogP contribution >= 0.6 is 11.6 Å². The first-order valence-electron chi connectivity index (χ1n) is 6.14. The van der Waals surface area contributed by atoms with Gasteiger partial charge in [0.05, 0.1) is 0 Å². The number of ether oxygens (including phenoxy) is 1. The van der Waals surface area contributed by atoms with Crippen molar-refractivity contribution in [1.29, 1.82) is 0 Å². The molecular formula is C14H20ClNO2. The Morgan fingerprint density at radius 3 is 2.94 bits per heavy atom. The van der Waals surface area contributed by atoms with Crippen LogP contribution in [0.5, 0.6) is 0 Å². The second kappa shape index (κ2) is 8.11. The summed E-state index contributed by atoms with van der Waals surface area (Å²) in [5, 5.41) is 3.59. The van der Waals surface area contributed by atoms with Gasteiger partial charge < -0.3 is 10.1 Å². The molecule has 0 bridgehead atoms. The molecule has 0 fully saturated rings. The first-order valence-corrected chi connectivity index (χ1v) is 6.52. The SMILES string of the molecule is COCCCNC(=O)CC(C)c1cccc(Cl)c1. The van der Waals surface area contributed by atoms with Gasteiger partial charge in [0.15, 0.2) is 0 Å². The maximum atomic E-state index is 11.7. The zero-order chi connectivity index (χ0) is 13.4. The van der Waals surface area contributed by atoms with Gasteiger partial charge in [0.1, 0.15) is 0 Å². The molecule has 0 aliphatic heterocycles. The van der Waals surface area contributed by atoms with Gasteiger partial charge >= 0.3 is 0 Å². The molecule has 100 valence electrons. The van der Waals surface area contributed by atoms with Gasteiger partial charge in [-0.05, 0) is 30.0 Å². The number of nitrogens with one attached hydrogen (secondary N) is 1. The number of benzene rings is 1. The summed E-state index contributed by atoms with van der Waals surface area (Å²) in [4.78, 5) is 11.7. The van der Waals surface area contributed by atoms with Crippen LogP contribution in [0.25, 0.3) is 0 Å². The summed E-state index contributed by atoms with van der Waals surface area (Å²) in [6.45, 7) is 3.36. The molecule has 1 amide bonds. The molecule has 4 heteroatoms. The molecule has 1 aromatic rings. The first-order chi connectivity index (χ1) is 8.63. The van der Waals surface area contributed by atoms with Gasteiger partial charge in [-0.2, -0.15) is 0 Å². The number of methoxy groups -OCH3 is 1. The van der Waals surface area contributed by atoms with Crippen LogP contribution in [0, 0.1) is 0 Å². The maximum Gasteiger partial charge on any atom is 0.220 e. The Bertz CT molecular complexity index is 382. The predicted octanol–water partition coefficient (Wildman–Crippen LogP) is 2.99. The molecule has 0 aliphatic rings. The number of rotatable bonds is 7. The number of halogens is 1. The van der Waals surface area contributed by atoms with E-state index in [1.807, 2.05) is 31.2 Å². The molecule has 1 aromatic carbocycles. The van der Waals surface area contributed by atoms with Crippen molar-refractivity contribution in [3.05, 3.63) is 34.9 Å². The zero-order valence-electron chi connectivity index (χ0n) is 10.9. The lowest BCUT2D eigenvalue weighted by atomic mass is 9.97. The summed E-state index contributed by atoms with van der Waals surface area (Å²) < 4.78 is 4.92. The van der Waals surface area contributed by atoms with Crippen LogP contribution in [0.3, 0.4) is 0 Å². The molecule has 18 heavy (non-hydrogen) atoms. The third kappa shape index (κ3) is 5.52. The third-order valence-electron chi connectivity index (χ3n) is 2.76. The van der Waals surface area contributed by atoms with E-state index in [0.717, 1.165) is 12.0 Å². The van der Waals surface area contributed by atoms with Crippen molar-refractivity contribution < 1.29 is 9.53 Å². The molecule has 1 rings (SSSR count). The van der Waals surface area contributed by atoms with E-state index in [4.69, 9.17) is 16.3 Å². The molecule has 0 aromatic heterocycles. The molecule has 0 saturated carbocycles. The summed E-state index contributed by atoms with van der Waals surface area (Å²) in [6.07, 6.45) is 1.32. The molecule has 1 atom stereocenters. The van der Waals surface area contributed by atoms with Crippen LogP contribution < -0.4 is 5.32 Å². The fraction of sp³-hybridized carbons (Fsp3) is 0.500. The van der Waals surface area contributed by atoms with Crippen LogP contribution in [0.2, 0.25) is 5.02 Å². The van der Waals surface area contributed by atoms with E-state index in [2.05, 4.69) is 5.32 Å². The van der Waals surface area contributed by atoms with E-state index in [9.17, 15) is 4.79 Å². The lowest BCUT2D eigenvalue weighted by molar-refractivity contribution is -0.121. The van der Waals surface area contributed by atoms with Gasteiger partial charge in [0.25, 0.3) is 0 Å². The van der Waals surface area contributed by atoms with Gasteiger partial charge in [-0.15, -0.1) is 0 Å². The topological polar surface area (TPSA) is 38.3 Å². The minimum Gasteiger partial charge on any atom is -0.385 e. The molecule has 1 unspecified atom stereocenters. The third-order valence-corrected chi connectivity index (χ3v) is 2.99. The summed E-state index contributed by atoms with van der Waals surface area (Å²) in [6, 6.07) is 7.65. The fourth-order valence-corrected chi connectivity index (χ4v) is 1.92. The van der Waals surface area contributed by atoms with Gasteiger partial charge in [-0.1, -0.05) is 30.7 Å². The predicted molar refractivity (Wildman–Crippen MR) is 74.0 cm³/mol. The maximum absolute atomic E-state index is 11.7. The minimum absolute atomic E-state index is 0.0681. The van der Waals surface area contributed by atoms with E-state index in [1.165, 1.54) is 0 Å². The number of hydrogen-bond acceptors (Lipinski definition) is 2. The van der Waals surface area contributed by atoms with Crippen LogP contribution in [0.4, 0.5) is 0 Å². The summed E-state index contributed by atoms with van der Waals surface area (Å²) in [5.41, 5.74) is 1.09. The molecule has 0 saturated heterocycles. The standard InChI is InChI=1S/C14H20ClNO2/c1-11(12-5-3-6-13(15)10-12)9-14(17)16-7-4-8-18-2/h3,5-6,10-11H,4,7-9H2,1-2H3,(H,16,17).